The molecule has 1 aliphatic heterocycles. The van der Waals surface area contributed by atoms with Crippen molar-refractivity contribution in [2.45, 2.75) is 25.7 Å². The van der Waals surface area contributed by atoms with Crippen LogP contribution in [0.1, 0.15) is 41.2 Å². The van der Waals surface area contributed by atoms with Crippen molar-refractivity contribution in [3.05, 3.63) is 46.8 Å². The third-order valence-electron chi connectivity index (χ3n) is 5.29. The van der Waals surface area contributed by atoms with Crippen molar-refractivity contribution in [3.8, 4) is 0 Å². The molecule has 1 aromatic heterocycles. The molecular weight excluding hydrogens is 400 g/mol. The number of anilines is 1. The first-order chi connectivity index (χ1) is 14.3. The SMILES string of the molecule is CCN(CC)CCNC(=O)c1cc(C=C2C(=O)Nc3ccc(S(C)=O)cc32)[nH]c1C. The van der Waals surface area contributed by atoms with E-state index in [9.17, 15) is 13.8 Å². The number of carbonyl (C=O) groups excluding carboxylic acids is 2. The van der Waals surface area contributed by atoms with E-state index in [0.29, 0.717) is 39.5 Å². The molecule has 1 atom stereocenters. The molecular formula is C22H28N4O3S. The molecule has 0 aliphatic carbocycles. The molecule has 0 radical (unpaired) electrons. The molecule has 0 saturated heterocycles. The normalized spacial score (nSPS) is 15.4. The number of amides is 2. The average Bonchev–Trinajstić information content (AvgIpc) is 3.24. The van der Waals surface area contributed by atoms with Crippen LogP contribution in [0.2, 0.25) is 0 Å². The fraction of sp³-hybridized carbons (Fsp3) is 0.364. The van der Waals surface area contributed by atoms with Crippen molar-refractivity contribution in [1.82, 2.24) is 15.2 Å². The molecule has 1 aromatic carbocycles. The van der Waals surface area contributed by atoms with Crippen molar-refractivity contribution < 1.29 is 13.8 Å². The van der Waals surface area contributed by atoms with Crippen molar-refractivity contribution in [1.29, 1.82) is 0 Å². The first kappa shape index (κ1) is 22.0. The second-order valence-electron chi connectivity index (χ2n) is 7.22. The summed E-state index contributed by atoms with van der Waals surface area (Å²) >= 11 is 0. The van der Waals surface area contributed by atoms with E-state index < -0.39 is 10.8 Å². The van der Waals surface area contributed by atoms with Gasteiger partial charge in [0.25, 0.3) is 11.8 Å². The van der Waals surface area contributed by atoms with Gasteiger partial charge in [-0.15, -0.1) is 0 Å². The maximum atomic E-state index is 12.6. The Balaban J connectivity index is 1.80. The molecule has 3 N–H and O–H groups in total. The van der Waals surface area contributed by atoms with Crippen molar-refractivity contribution in [3.63, 3.8) is 0 Å². The van der Waals surface area contributed by atoms with Gasteiger partial charge in [0.05, 0.1) is 11.1 Å². The minimum Gasteiger partial charge on any atom is -0.358 e. The van der Waals surface area contributed by atoms with Gasteiger partial charge >= 0.3 is 0 Å². The molecule has 0 bridgehead atoms. The van der Waals surface area contributed by atoms with E-state index >= 15 is 0 Å². The van der Waals surface area contributed by atoms with Gasteiger partial charge in [-0.05, 0) is 50.4 Å². The Morgan fingerprint density at radius 3 is 2.63 bits per heavy atom. The highest BCUT2D eigenvalue weighted by molar-refractivity contribution is 7.84. The van der Waals surface area contributed by atoms with Gasteiger partial charge in [-0.3, -0.25) is 13.8 Å². The van der Waals surface area contributed by atoms with E-state index in [1.807, 2.05) is 6.92 Å². The zero-order valence-electron chi connectivity index (χ0n) is 17.8. The molecule has 0 fully saturated rings. The summed E-state index contributed by atoms with van der Waals surface area (Å²) in [4.78, 5) is 31.1. The molecule has 0 saturated carbocycles. The lowest BCUT2D eigenvalue weighted by Crippen LogP contribution is -2.34. The summed E-state index contributed by atoms with van der Waals surface area (Å²) in [6.07, 6.45) is 3.33. The number of likely N-dealkylation sites (N-methyl/N-ethyl adjacent to an activating group) is 1. The summed E-state index contributed by atoms with van der Waals surface area (Å²) in [6.45, 7) is 9.31. The lowest BCUT2D eigenvalue weighted by atomic mass is 10.1. The Hall–Kier alpha value is -2.71. The molecule has 0 spiro atoms. The number of aromatic amines is 1. The fourth-order valence-corrected chi connectivity index (χ4v) is 4.05. The Labute approximate surface area is 179 Å². The molecule has 1 aliphatic rings. The number of H-pyrrole nitrogens is 1. The number of hydrogen-bond acceptors (Lipinski definition) is 4. The zero-order valence-corrected chi connectivity index (χ0v) is 18.6. The van der Waals surface area contributed by atoms with Crippen LogP contribution in [-0.2, 0) is 15.6 Å². The van der Waals surface area contributed by atoms with Crippen LogP contribution < -0.4 is 10.6 Å². The van der Waals surface area contributed by atoms with Gasteiger partial charge in [-0.25, -0.2) is 0 Å². The molecule has 30 heavy (non-hydrogen) atoms. The molecule has 8 heteroatoms. The van der Waals surface area contributed by atoms with Gasteiger partial charge in [0.2, 0.25) is 0 Å². The topological polar surface area (TPSA) is 94.3 Å². The molecule has 2 amide bonds. The highest BCUT2D eigenvalue weighted by Crippen LogP contribution is 2.34. The minimum atomic E-state index is -1.14. The predicted molar refractivity (Wildman–Crippen MR) is 121 cm³/mol. The lowest BCUT2D eigenvalue weighted by molar-refractivity contribution is -0.110. The summed E-state index contributed by atoms with van der Waals surface area (Å²) in [5, 5.41) is 5.78. The van der Waals surface area contributed by atoms with E-state index in [2.05, 4.69) is 34.4 Å². The quantitative estimate of drug-likeness (QED) is 0.564. The lowest BCUT2D eigenvalue weighted by Gasteiger charge is -2.17. The van der Waals surface area contributed by atoms with Crippen molar-refractivity contribution in [2.75, 3.05) is 37.8 Å². The Morgan fingerprint density at radius 2 is 1.97 bits per heavy atom. The largest absolute Gasteiger partial charge is 0.358 e. The maximum Gasteiger partial charge on any atom is 0.256 e. The third kappa shape index (κ3) is 4.71. The van der Waals surface area contributed by atoms with Gasteiger partial charge in [-0.1, -0.05) is 13.8 Å². The first-order valence-corrected chi connectivity index (χ1v) is 11.6. The van der Waals surface area contributed by atoms with Crippen molar-refractivity contribution in [2.24, 2.45) is 0 Å². The summed E-state index contributed by atoms with van der Waals surface area (Å²) in [7, 11) is -1.14. The van der Waals surface area contributed by atoms with Gasteiger partial charge < -0.3 is 20.5 Å². The van der Waals surface area contributed by atoms with Crippen LogP contribution in [0.4, 0.5) is 5.69 Å². The molecule has 1 unspecified atom stereocenters. The number of fused-ring (bicyclic) bond motifs is 1. The van der Waals surface area contributed by atoms with E-state index in [1.165, 1.54) is 0 Å². The van der Waals surface area contributed by atoms with Crippen LogP contribution in [-0.4, -0.2) is 58.3 Å². The second-order valence-corrected chi connectivity index (χ2v) is 8.60. The van der Waals surface area contributed by atoms with E-state index in [4.69, 9.17) is 0 Å². The maximum absolute atomic E-state index is 12.6. The Kier molecular flexibility index (Phi) is 6.89. The number of aryl methyl sites for hydroxylation is 1. The number of rotatable bonds is 8. The smallest absolute Gasteiger partial charge is 0.256 e. The average molecular weight is 429 g/mol. The van der Waals surface area contributed by atoms with Crippen LogP contribution in [0.5, 0.6) is 0 Å². The van der Waals surface area contributed by atoms with Gasteiger partial charge in [0.15, 0.2) is 0 Å². The zero-order chi connectivity index (χ0) is 21.8. The van der Waals surface area contributed by atoms with Crippen LogP contribution in [0.15, 0.2) is 29.2 Å². The van der Waals surface area contributed by atoms with Gasteiger partial charge in [-0.2, -0.15) is 0 Å². The molecule has 2 heterocycles. The summed E-state index contributed by atoms with van der Waals surface area (Å²) in [6, 6.07) is 7.03. The van der Waals surface area contributed by atoms with Crippen LogP contribution in [0, 0.1) is 6.92 Å². The highest BCUT2D eigenvalue weighted by atomic mass is 32.2. The standard InChI is InChI=1S/C22H28N4O3S/c1-5-26(6-2)10-9-23-21(27)17-11-15(24-14(17)3)12-19-18-13-16(30(4)29)7-8-20(18)25-22(19)28/h7-8,11-13,24H,5-6,9-10H2,1-4H3,(H,23,27)(H,25,28). The van der Waals surface area contributed by atoms with E-state index in [1.54, 1.807) is 36.6 Å². The predicted octanol–water partition coefficient (Wildman–Crippen LogP) is 2.62. The number of benzene rings is 1. The summed E-state index contributed by atoms with van der Waals surface area (Å²) in [5.74, 6) is -0.359. The van der Waals surface area contributed by atoms with Crippen LogP contribution in [0.3, 0.4) is 0 Å². The van der Waals surface area contributed by atoms with Crippen LogP contribution in [0.25, 0.3) is 11.6 Å². The Morgan fingerprint density at radius 1 is 1.23 bits per heavy atom. The van der Waals surface area contributed by atoms with Crippen molar-refractivity contribution >= 4 is 40.0 Å². The molecule has 160 valence electrons. The first-order valence-electron chi connectivity index (χ1n) is 10.0. The number of carbonyl (C=O) groups is 2. The molecule has 7 nitrogen and oxygen atoms in total. The Bertz CT molecular complexity index is 1020. The number of aromatic nitrogens is 1. The number of nitrogens with one attached hydrogen (secondary N) is 3. The van der Waals surface area contributed by atoms with Gasteiger partial charge in [0, 0.05) is 57.7 Å². The highest BCUT2D eigenvalue weighted by Gasteiger charge is 2.25. The number of nitrogens with zero attached hydrogens (tertiary/aromatic N) is 1. The van der Waals surface area contributed by atoms with Crippen LogP contribution >= 0.6 is 0 Å². The monoisotopic (exact) mass is 428 g/mol. The minimum absolute atomic E-state index is 0.138. The second kappa shape index (κ2) is 9.40. The third-order valence-corrected chi connectivity index (χ3v) is 6.21. The van der Waals surface area contributed by atoms with E-state index in [-0.39, 0.29) is 11.8 Å². The van der Waals surface area contributed by atoms with E-state index in [0.717, 1.165) is 25.3 Å². The van der Waals surface area contributed by atoms with Gasteiger partial charge in [0.1, 0.15) is 0 Å². The summed E-state index contributed by atoms with van der Waals surface area (Å²) in [5.41, 5.74) is 3.85. The molecule has 3 rings (SSSR count). The summed E-state index contributed by atoms with van der Waals surface area (Å²) < 4.78 is 11.8. The molecule has 2 aromatic rings. The fourth-order valence-electron chi connectivity index (χ4n) is 3.50. The number of hydrogen-bond donors (Lipinski definition) is 3.